The van der Waals surface area contributed by atoms with Crippen molar-refractivity contribution in [3.8, 4) is 43.1 Å². The van der Waals surface area contributed by atoms with Crippen molar-refractivity contribution >= 4 is 46.5 Å². The van der Waals surface area contributed by atoms with Crippen molar-refractivity contribution in [2.24, 2.45) is 0 Å². The third-order valence-electron chi connectivity index (χ3n) is 7.62. The Bertz CT molecular complexity index is 1670. The molecule has 0 radical (unpaired) electrons. The van der Waals surface area contributed by atoms with Gasteiger partial charge in [0.15, 0.2) is 0 Å². The number of anilines is 1. The zero-order chi connectivity index (χ0) is 23.8. The van der Waals surface area contributed by atoms with Crippen LogP contribution in [0.1, 0.15) is 46.6 Å². The summed E-state index contributed by atoms with van der Waals surface area (Å²) in [6.07, 6.45) is 0. The lowest BCUT2D eigenvalue weighted by atomic mass is 10.0. The number of nitrogens with two attached hydrogens (primary N) is 1. The van der Waals surface area contributed by atoms with Crippen LogP contribution in [-0.4, -0.2) is 0 Å². The Hall–Kier alpha value is -3.12. The molecule has 2 aliphatic rings. The Kier molecular flexibility index (Phi) is 4.65. The second kappa shape index (κ2) is 7.69. The first-order valence-electron chi connectivity index (χ1n) is 11.8. The number of hydrogen-bond donors (Lipinski definition) is 2. The van der Waals surface area contributed by atoms with Gasteiger partial charge in [0, 0.05) is 36.9 Å². The fraction of sp³-hybridized carbons (Fsp3) is 0.133. The summed E-state index contributed by atoms with van der Waals surface area (Å²) in [4.78, 5) is 5.24. The number of nitrogens with one attached hydrogen (secondary N) is 1. The first kappa shape index (κ1) is 21.2. The van der Waals surface area contributed by atoms with Gasteiger partial charge in [0.05, 0.1) is 5.56 Å². The minimum Gasteiger partial charge on any atom is -0.393 e. The predicted molar refractivity (Wildman–Crippen MR) is 151 cm³/mol. The van der Waals surface area contributed by atoms with Gasteiger partial charge in [-0.3, -0.25) is 0 Å². The van der Waals surface area contributed by atoms with Gasteiger partial charge in [0.1, 0.15) is 5.69 Å². The van der Waals surface area contributed by atoms with Crippen LogP contribution in [0.2, 0.25) is 0 Å². The molecule has 35 heavy (non-hydrogen) atoms. The molecule has 5 aromatic rings. The summed E-state index contributed by atoms with van der Waals surface area (Å²) >= 11 is 9.08. The molecule has 170 valence electrons. The zero-order valence-electron chi connectivity index (χ0n) is 19.4. The van der Waals surface area contributed by atoms with E-state index >= 15 is 0 Å². The summed E-state index contributed by atoms with van der Waals surface area (Å²) < 4.78 is 3.01. The van der Waals surface area contributed by atoms with Crippen molar-refractivity contribution in [2.45, 2.75) is 25.7 Å². The molecule has 0 saturated carbocycles. The van der Waals surface area contributed by atoms with E-state index in [2.05, 4.69) is 91.0 Å². The van der Waals surface area contributed by atoms with Crippen molar-refractivity contribution in [3.05, 3.63) is 93.7 Å². The molecular weight excluding hydrogens is 485 g/mol. The van der Waals surface area contributed by atoms with Crippen LogP contribution in [0.3, 0.4) is 0 Å². The fourth-order valence-corrected chi connectivity index (χ4v) is 8.59. The minimum absolute atomic E-state index is 0.412. The van der Waals surface area contributed by atoms with Gasteiger partial charge in [0.2, 0.25) is 5.69 Å². The lowest BCUT2D eigenvalue weighted by Gasteiger charge is -2.09. The monoisotopic (exact) mass is 507 g/mol. The maximum Gasteiger partial charge on any atom is 0.268 e. The molecule has 2 aliphatic carbocycles. The van der Waals surface area contributed by atoms with Gasteiger partial charge in [0.25, 0.3) is 12.4 Å². The van der Waals surface area contributed by atoms with Gasteiger partial charge in [-0.2, -0.15) is 0 Å². The van der Waals surface area contributed by atoms with E-state index in [-0.39, 0.29) is 0 Å². The Balaban J connectivity index is 1.33. The van der Waals surface area contributed by atoms with E-state index in [0.717, 1.165) is 22.5 Å². The molecule has 0 fully saturated rings. The molecule has 0 bridgehead atoms. The van der Waals surface area contributed by atoms with Crippen LogP contribution in [0.4, 0.5) is 11.4 Å². The summed E-state index contributed by atoms with van der Waals surface area (Å²) in [6, 6.07) is 26.4. The molecule has 2 unspecified atom stereocenters. The molecule has 3 aromatic carbocycles. The number of thiophene rings is 2. The summed E-state index contributed by atoms with van der Waals surface area (Å²) in [7, 11) is 0. The second-order valence-corrected chi connectivity index (χ2v) is 11.8. The Morgan fingerprint density at radius 3 is 1.69 bits per heavy atom. The third-order valence-corrected chi connectivity index (χ3v) is 10.5. The van der Waals surface area contributed by atoms with Crippen LogP contribution in [0.25, 0.3) is 43.1 Å². The van der Waals surface area contributed by atoms with E-state index < -0.39 is 0 Å². The standard InChI is InChI=1S/C30H22N2S3/c1-15-17-7-3-5-9-19(17)23-13-25(34-29(15)23)21-11-12-22(28(32-33)27(21)31)26-14-24-20-10-6-4-8-18(20)16(2)30(24)35-26/h3-16H,31H2,1-2H3/p+1. The molecule has 3 N–H and O–H groups in total. The van der Waals surface area contributed by atoms with Gasteiger partial charge in [-0.25, -0.2) is 0 Å². The summed E-state index contributed by atoms with van der Waals surface area (Å²) in [6.45, 7) is 4.59. The molecule has 2 aromatic heterocycles. The van der Waals surface area contributed by atoms with Crippen molar-refractivity contribution in [1.29, 1.82) is 0 Å². The Morgan fingerprint density at radius 2 is 1.14 bits per heavy atom. The maximum atomic E-state index is 6.79. The molecule has 2 heterocycles. The molecular formula is C30H23N2S3+. The Morgan fingerprint density at radius 1 is 0.657 bits per heavy atom. The van der Waals surface area contributed by atoms with E-state index in [1.807, 2.05) is 22.7 Å². The zero-order valence-corrected chi connectivity index (χ0v) is 21.8. The largest absolute Gasteiger partial charge is 0.393 e. The molecule has 7 rings (SSSR count). The SMILES string of the molecule is CC1c2ccccc2-c2cc(-c3ccc(-c4cc5c(s4)C(C)c4ccccc4-5)c([NH+]=S)c3N)sc21. The number of nitrogen functional groups attached to an aromatic ring is 1. The Labute approximate surface area is 218 Å². The van der Waals surface area contributed by atoms with Crippen LogP contribution < -0.4 is 10.1 Å². The van der Waals surface area contributed by atoms with E-state index in [4.69, 9.17) is 18.2 Å². The van der Waals surface area contributed by atoms with E-state index in [1.165, 1.54) is 52.9 Å². The first-order valence-corrected chi connectivity index (χ1v) is 13.9. The average Bonchev–Trinajstić information content (AvgIpc) is 3.62. The maximum absolute atomic E-state index is 6.79. The highest BCUT2D eigenvalue weighted by molar-refractivity contribution is 7.44. The molecule has 2 nitrogen and oxygen atoms in total. The fourth-order valence-electron chi connectivity index (χ4n) is 5.81. The highest BCUT2D eigenvalue weighted by Crippen LogP contribution is 2.54. The number of rotatable bonds is 3. The molecule has 0 aliphatic heterocycles. The molecule has 5 heteroatoms. The van der Waals surface area contributed by atoms with E-state index in [0.29, 0.717) is 11.8 Å². The van der Waals surface area contributed by atoms with Crippen LogP contribution in [0, 0.1) is 0 Å². The first-order chi connectivity index (χ1) is 17.1. The normalized spacial score (nSPS) is 17.1. The lowest BCUT2D eigenvalue weighted by Crippen LogP contribution is -2.56. The quantitative estimate of drug-likeness (QED) is 0.249. The van der Waals surface area contributed by atoms with Gasteiger partial charge in [-0.05, 0) is 51.6 Å². The lowest BCUT2D eigenvalue weighted by molar-refractivity contribution is -0.313. The molecule has 0 amide bonds. The summed E-state index contributed by atoms with van der Waals surface area (Å²) in [5.74, 6) is 0.824. The smallest absolute Gasteiger partial charge is 0.268 e. The van der Waals surface area contributed by atoms with Crippen molar-refractivity contribution < 1.29 is 4.36 Å². The van der Waals surface area contributed by atoms with Crippen LogP contribution >= 0.6 is 22.7 Å². The molecule has 0 saturated heterocycles. The number of hydrogen-bond acceptors (Lipinski definition) is 4. The van der Waals surface area contributed by atoms with Gasteiger partial charge < -0.3 is 5.73 Å². The third kappa shape index (κ3) is 2.92. The van der Waals surface area contributed by atoms with Crippen LogP contribution in [0.15, 0.2) is 72.8 Å². The van der Waals surface area contributed by atoms with Gasteiger partial charge in [-0.15, -0.1) is 27.0 Å². The second-order valence-electron chi connectivity index (χ2n) is 9.45. The predicted octanol–water partition coefficient (Wildman–Crippen LogP) is 7.43. The van der Waals surface area contributed by atoms with Crippen molar-refractivity contribution in [3.63, 3.8) is 0 Å². The van der Waals surface area contributed by atoms with Crippen LogP contribution in [-0.2, 0) is 12.4 Å². The minimum atomic E-state index is 0.412. The number of fused-ring (bicyclic) bond motifs is 6. The topological polar surface area (TPSA) is 40.0 Å². The van der Waals surface area contributed by atoms with Gasteiger partial charge >= 0.3 is 0 Å². The van der Waals surface area contributed by atoms with Crippen molar-refractivity contribution in [1.82, 2.24) is 0 Å². The highest BCUT2D eigenvalue weighted by atomic mass is 32.1. The van der Waals surface area contributed by atoms with E-state index in [9.17, 15) is 0 Å². The highest BCUT2D eigenvalue weighted by Gasteiger charge is 2.31. The summed E-state index contributed by atoms with van der Waals surface area (Å²) in [5.41, 5.74) is 18.7. The van der Waals surface area contributed by atoms with E-state index in [1.54, 1.807) is 0 Å². The number of benzene rings is 3. The van der Waals surface area contributed by atoms with Gasteiger partial charge in [-0.1, -0.05) is 68.4 Å². The average molecular weight is 508 g/mol. The molecule has 2 atom stereocenters. The molecule has 0 spiro atoms. The van der Waals surface area contributed by atoms with Crippen molar-refractivity contribution in [2.75, 3.05) is 5.73 Å². The summed E-state index contributed by atoms with van der Waals surface area (Å²) in [5, 5.41) is 0. The van der Waals surface area contributed by atoms with Crippen LogP contribution in [0.5, 0.6) is 0 Å².